The van der Waals surface area contributed by atoms with Crippen molar-refractivity contribution in [2.45, 2.75) is 153 Å². The van der Waals surface area contributed by atoms with Crippen molar-refractivity contribution in [3.8, 4) is 0 Å². The van der Waals surface area contributed by atoms with Crippen LogP contribution in [-0.4, -0.2) is 16.0 Å². The first-order valence-electron chi connectivity index (χ1n) is 13.5. The van der Waals surface area contributed by atoms with Crippen LogP contribution >= 0.6 is 35.3 Å². The molecule has 0 radical (unpaired) electrons. The molecule has 0 saturated carbocycles. The molecule has 2 nitrogen and oxygen atoms in total. The highest BCUT2D eigenvalue weighted by Gasteiger charge is 1.99. The highest BCUT2D eigenvalue weighted by atomic mass is 32.2. The standard InChI is InChI=1S/C26H50N2S3/c1-2-3-4-5-6-7-8-9-10-11-12-13-14-15-16-17-18-19-20-21-22-23-24-30-26-28-27-25(29)31-26/h2-24H2,1H3,(H,27,29). The number of rotatable bonds is 24. The molecule has 31 heavy (non-hydrogen) atoms. The Kier molecular flexibility index (Phi) is 21.9. The number of hydrogen-bond donors (Lipinski definition) is 1. The lowest BCUT2D eigenvalue weighted by molar-refractivity contribution is 0.520. The lowest BCUT2D eigenvalue weighted by Crippen LogP contribution is -1.85. The molecule has 0 aliphatic carbocycles. The smallest absolute Gasteiger partial charge is 0.177 e. The van der Waals surface area contributed by atoms with Crippen molar-refractivity contribution in [1.82, 2.24) is 10.2 Å². The van der Waals surface area contributed by atoms with Crippen molar-refractivity contribution in [2.24, 2.45) is 0 Å². The van der Waals surface area contributed by atoms with Crippen molar-refractivity contribution < 1.29 is 0 Å². The summed E-state index contributed by atoms with van der Waals surface area (Å²) in [7, 11) is 0. The maximum Gasteiger partial charge on any atom is 0.177 e. The van der Waals surface area contributed by atoms with E-state index in [0.29, 0.717) is 0 Å². The fraction of sp³-hybridized carbons (Fsp3) is 0.923. The second kappa shape index (κ2) is 23.3. The summed E-state index contributed by atoms with van der Waals surface area (Å²) in [6.45, 7) is 2.30. The first-order valence-corrected chi connectivity index (χ1v) is 15.7. The number of thioether (sulfide) groups is 1. The normalized spacial score (nSPS) is 11.4. The number of hydrogen-bond acceptors (Lipinski definition) is 4. The number of unbranched alkanes of at least 4 members (excludes halogenated alkanes) is 21. The van der Waals surface area contributed by atoms with E-state index in [-0.39, 0.29) is 0 Å². The minimum absolute atomic E-state index is 0.789. The van der Waals surface area contributed by atoms with Crippen molar-refractivity contribution >= 4 is 35.3 Å². The predicted octanol–water partition coefficient (Wildman–Crippen LogP) is 10.9. The van der Waals surface area contributed by atoms with Gasteiger partial charge in [0.05, 0.1) is 0 Å². The molecule has 182 valence electrons. The second-order valence-corrected chi connectivity index (χ2v) is 12.2. The van der Waals surface area contributed by atoms with Crippen LogP contribution in [0.15, 0.2) is 4.34 Å². The molecule has 1 N–H and O–H groups in total. The Morgan fingerprint density at radius 1 is 0.613 bits per heavy atom. The third-order valence-electron chi connectivity index (χ3n) is 6.14. The summed E-state index contributed by atoms with van der Waals surface area (Å²) in [5.74, 6) is 1.18. The summed E-state index contributed by atoms with van der Waals surface area (Å²) in [5, 5.41) is 7.04. The van der Waals surface area contributed by atoms with E-state index in [1.807, 2.05) is 11.8 Å². The van der Waals surface area contributed by atoms with Crippen LogP contribution in [-0.2, 0) is 0 Å². The Labute approximate surface area is 207 Å². The van der Waals surface area contributed by atoms with Gasteiger partial charge in [0.1, 0.15) is 0 Å². The molecule has 0 bridgehead atoms. The number of nitrogens with zero attached hydrogens (tertiary/aromatic N) is 1. The van der Waals surface area contributed by atoms with E-state index in [4.69, 9.17) is 12.2 Å². The van der Waals surface area contributed by atoms with Gasteiger partial charge in [-0.2, -0.15) is 5.10 Å². The van der Waals surface area contributed by atoms with E-state index in [9.17, 15) is 0 Å². The fourth-order valence-corrected chi connectivity index (χ4v) is 6.30. The van der Waals surface area contributed by atoms with Crippen LogP contribution in [0.4, 0.5) is 0 Å². The van der Waals surface area contributed by atoms with Crippen LogP contribution in [0, 0.1) is 3.95 Å². The molecule has 1 rings (SSSR count). The molecule has 0 atom stereocenters. The Hall–Kier alpha value is 0.130. The molecule has 0 aromatic carbocycles. The molecule has 0 aliphatic rings. The van der Waals surface area contributed by atoms with Gasteiger partial charge in [0.25, 0.3) is 0 Å². The molecular weight excluding hydrogens is 437 g/mol. The van der Waals surface area contributed by atoms with Crippen LogP contribution in [0.25, 0.3) is 0 Å². The van der Waals surface area contributed by atoms with Crippen molar-refractivity contribution in [3.63, 3.8) is 0 Å². The maximum absolute atomic E-state index is 5.06. The molecule has 0 spiro atoms. The van der Waals surface area contributed by atoms with Gasteiger partial charge in [-0.25, -0.2) is 0 Å². The summed E-state index contributed by atoms with van der Waals surface area (Å²) in [6, 6.07) is 0. The van der Waals surface area contributed by atoms with E-state index in [2.05, 4.69) is 17.1 Å². The van der Waals surface area contributed by atoms with Gasteiger partial charge in [-0.3, -0.25) is 5.10 Å². The molecule has 1 aromatic rings. The van der Waals surface area contributed by atoms with E-state index >= 15 is 0 Å². The molecule has 0 aliphatic heterocycles. The van der Waals surface area contributed by atoms with Crippen LogP contribution in [0.5, 0.6) is 0 Å². The van der Waals surface area contributed by atoms with Gasteiger partial charge in [0, 0.05) is 5.75 Å². The average Bonchev–Trinajstić information content (AvgIpc) is 3.19. The van der Waals surface area contributed by atoms with Crippen molar-refractivity contribution in [3.05, 3.63) is 3.95 Å². The topological polar surface area (TPSA) is 28.7 Å². The molecule has 0 unspecified atom stereocenters. The van der Waals surface area contributed by atoms with Gasteiger partial charge in [-0.15, -0.1) is 0 Å². The molecule has 0 saturated heterocycles. The second-order valence-electron chi connectivity index (χ2n) is 9.15. The van der Waals surface area contributed by atoms with Crippen LogP contribution in [0.3, 0.4) is 0 Å². The average molecular weight is 487 g/mol. The Balaban J connectivity index is 1.65. The molecule has 1 aromatic heterocycles. The first-order chi connectivity index (χ1) is 15.3. The molecule has 5 heteroatoms. The van der Waals surface area contributed by atoms with E-state index < -0.39 is 0 Å². The van der Waals surface area contributed by atoms with Crippen LogP contribution in [0.1, 0.15) is 148 Å². The van der Waals surface area contributed by atoms with Gasteiger partial charge in [0.15, 0.2) is 8.29 Å². The highest BCUT2D eigenvalue weighted by Crippen LogP contribution is 2.22. The number of aromatic nitrogens is 2. The van der Waals surface area contributed by atoms with Crippen molar-refractivity contribution in [2.75, 3.05) is 5.75 Å². The molecule has 0 fully saturated rings. The van der Waals surface area contributed by atoms with E-state index in [1.165, 1.54) is 147 Å². The third kappa shape index (κ3) is 20.5. The fourth-order valence-electron chi connectivity index (χ4n) is 4.15. The Morgan fingerprint density at radius 2 is 0.968 bits per heavy atom. The van der Waals surface area contributed by atoms with E-state index in [0.717, 1.165) is 8.29 Å². The zero-order valence-corrected chi connectivity index (χ0v) is 22.9. The van der Waals surface area contributed by atoms with Crippen molar-refractivity contribution in [1.29, 1.82) is 0 Å². The highest BCUT2D eigenvalue weighted by molar-refractivity contribution is 8.01. The lowest BCUT2D eigenvalue weighted by atomic mass is 10.0. The van der Waals surface area contributed by atoms with Gasteiger partial charge >= 0.3 is 0 Å². The van der Waals surface area contributed by atoms with Crippen LogP contribution in [0.2, 0.25) is 0 Å². The summed E-state index contributed by atoms with van der Waals surface area (Å²) in [5.41, 5.74) is 0. The summed E-state index contributed by atoms with van der Waals surface area (Å²) >= 11 is 8.49. The first kappa shape index (κ1) is 29.2. The van der Waals surface area contributed by atoms with Crippen LogP contribution < -0.4 is 0 Å². The quantitative estimate of drug-likeness (QED) is 0.0894. The monoisotopic (exact) mass is 486 g/mol. The SMILES string of the molecule is CCCCCCCCCCCCCCCCCCCCCCCCSc1n[nH]c(=S)s1. The number of nitrogens with one attached hydrogen (secondary N) is 1. The maximum atomic E-state index is 5.06. The Bertz CT molecular complexity index is 527. The summed E-state index contributed by atoms with van der Waals surface area (Å²) < 4.78 is 1.88. The molecular formula is C26H50N2S3. The van der Waals surface area contributed by atoms with Gasteiger partial charge in [0.2, 0.25) is 0 Å². The lowest BCUT2D eigenvalue weighted by Gasteiger charge is -2.04. The third-order valence-corrected chi connectivity index (χ3v) is 8.46. The zero-order chi connectivity index (χ0) is 22.2. The van der Waals surface area contributed by atoms with Gasteiger partial charge in [-0.05, 0) is 18.6 Å². The minimum Gasteiger partial charge on any atom is -0.257 e. The van der Waals surface area contributed by atoms with Gasteiger partial charge in [-0.1, -0.05) is 165 Å². The minimum atomic E-state index is 0.789. The summed E-state index contributed by atoms with van der Waals surface area (Å²) in [4.78, 5) is 0. The summed E-state index contributed by atoms with van der Waals surface area (Å²) in [6.07, 6.45) is 31.8. The largest absolute Gasteiger partial charge is 0.257 e. The number of H-pyrrole nitrogens is 1. The van der Waals surface area contributed by atoms with E-state index in [1.54, 1.807) is 11.3 Å². The number of aromatic amines is 1. The zero-order valence-electron chi connectivity index (χ0n) is 20.4. The molecule has 0 amide bonds. The Morgan fingerprint density at radius 3 is 1.29 bits per heavy atom. The predicted molar refractivity (Wildman–Crippen MR) is 145 cm³/mol. The molecule has 1 heterocycles. The van der Waals surface area contributed by atoms with Gasteiger partial charge < -0.3 is 0 Å².